The van der Waals surface area contributed by atoms with Crippen molar-refractivity contribution in [1.82, 2.24) is 0 Å². The molecular weight excluding hydrogens is 119 g/mol. The van der Waals surface area contributed by atoms with Crippen molar-refractivity contribution in [3.8, 4) is 0 Å². The predicted molar refractivity (Wildman–Crippen MR) is 35.4 cm³/mol. The molecule has 0 bridgehead atoms. The fourth-order valence-corrected chi connectivity index (χ4v) is 0.402. The van der Waals surface area contributed by atoms with Gasteiger partial charge in [0.05, 0.1) is 0 Å². The van der Waals surface area contributed by atoms with Crippen LogP contribution in [0.4, 0.5) is 4.53 Å². The van der Waals surface area contributed by atoms with E-state index in [9.17, 15) is 4.53 Å². The van der Waals surface area contributed by atoms with Gasteiger partial charge < -0.3 is 0 Å². The van der Waals surface area contributed by atoms with Gasteiger partial charge in [0.1, 0.15) is 5.76 Å². The fourth-order valence-electron chi connectivity index (χ4n) is 0.402. The molecule has 0 saturated heterocycles. The molecule has 0 radical (unpaired) electrons. The summed E-state index contributed by atoms with van der Waals surface area (Å²) in [5.74, 6) is 0.355. The second kappa shape index (κ2) is 5.35. The second-order valence-electron chi connectivity index (χ2n) is 1.59. The van der Waals surface area contributed by atoms with Gasteiger partial charge in [0.25, 0.3) is 0 Å². The first-order chi connectivity index (χ1) is 4.35. The van der Waals surface area contributed by atoms with Crippen molar-refractivity contribution in [2.75, 3.05) is 0 Å². The Bertz CT molecular complexity index is 110. The number of rotatable bonds is 3. The Hall–Kier alpha value is -0.790. The van der Waals surface area contributed by atoms with E-state index in [2.05, 4.69) is 4.94 Å². The highest BCUT2D eigenvalue weighted by Crippen LogP contribution is 2.02. The van der Waals surface area contributed by atoms with E-state index < -0.39 is 0 Å². The van der Waals surface area contributed by atoms with Crippen molar-refractivity contribution in [1.29, 1.82) is 0 Å². The van der Waals surface area contributed by atoms with Gasteiger partial charge in [0.2, 0.25) is 0 Å². The van der Waals surface area contributed by atoms with Gasteiger partial charge in [-0.1, -0.05) is 19.1 Å². The summed E-state index contributed by atoms with van der Waals surface area (Å²) in [5, 5.41) is 0. The van der Waals surface area contributed by atoms with Crippen molar-refractivity contribution in [3.05, 3.63) is 24.0 Å². The average Bonchev–Trinajstić information content (AvgIpc) is 1.91. The van der Waals surface area contributed by atoms with Crippen LogP contribution in [0.25, 0.3) is 0 Å². The smallest absolute Gasteiger partial charge is 0.148 e. The maximum absolute atomic E-state index is 11.4. The first kappa shape index (κ1) is 8.21. The lowest BCUT2D eigenvalue weighted by Gasteiger charge is -1.91. The molecule has 0 saturated carbocycles. The minimum atomic E-state index is 0.355. The van der Waals surface area contributed by atoms with E-state index in [0.717, 1.165) is 0 Å². The highest BCUT2D eigenvalue weighted by atomic mass is 19.3. The van der Waals surface area contributed by atoms with Crippen LogP contribution >= 0.6 is 0 Å². The van der Waals surface area contributed by atoms with Crippen molar-refractivity contribution in [2.24, 2.45) is 0 Å². The van der Waals surface area contributed by atoms with Crippen LogP contribution in [0.2, 0.25) is 0 Å². The van der Waals surface area contributed by atoms with Gasteiger partial charge in [-0.15, -0.1) is 0 Å². The van der Waals surface area contributed by atoms with Gasteiger partial charge in [-0.2, -0.15) is 0 Å². The zero-order valence-electron chi connectivity index (χ0n) is 5.73. The third-order valence-electron chi connectivity index (χ3n) is 0.922. The quantitative estimate of drug-likeness (QED) is 0.421. The molecule has 0 fully saturated rings. The number of halogens is 1. The van der Waals surface area contributed by atoms with Crippen molar-refractivity contribution in [3.63, 3.8) is 0 Å². The van der Waals surface area contributed by atoms with E-state index in [1.165, 1.54) is 0 Å². The van der Waals surface area contributed by atoms with Crippen LogP contribution in [0, 0.1) is 0 Å². The SMILES string of the molecule is CC=CC=C(CC)OF. The summed E-state index contributed by atoms with van der Waals surface area (Å²) in [6.45, 7) is 3.69. The first-order valence-corrected chi connectivity index (χ1v) is 2.95. The molecule has 9 heavy (non-hydrogen) atoms. The van der Waals surface area contributed by atoms with Crippen LogP contribution < -0.4 is 0 Å². The molecule has 0 amide bonds. The number of allylic oxidation sites excluding steroid dienone is 4. The summed E-state index contributed by atoms with van der Waals surface area (Å²) in [6, 6.07) is 0. The number of hydrogen-bond acceptors (Lipinski definition) is 1. The highest BCUT2D eigenvalue weighted by molar-refractivity contribution is 5.05. The zero-order chi connectivity index (χ0) is 7.11. The molecule has 0 spiro atoms. The molecule has 0 aliphatic heterocycles. The van der Waals surface area contributed by atoms with Crippen molar-refractivity contribution in [2.45, 2.75) is 20.3 Å². The molecule has 0 aromatic heterocycles. The molecule has 0 unspecified atom stereocenters. The minimum absolute atomic E-state index is 0.355. The van der Waals surface area contributed by atoms with E-state index in [4.69, 9.17) is 0 Å². The van der Waals surface area contributed by atoms with Crippen LogP contribution in [0.1, 0.15) is 20.3 Å². The third kappa shape index (κ3) is 3.76. The molecule has 0 aromatic rings. The molecule has 0 heterocycles. The lowest BCUT2D eigenvalue weighted by molar-refractivity contribution is -0.0859. The molecule has 0 aliphatic rings. The van der Waals surface area contributed by atoms with Crippen LogP contribution in [-0.4, -0.2) is 0 Å². The van der Waals surface area contributed by atoms with Gasteiger partial charge in [0, 0.05) is 10.9 Å². The summed E-state index contributed by atoms with van der Waals surface area (Å²) in [4.78, 5) is 3.51. The molecule has 0 rings (SSSR count). The van der Waals surface area contributed by atoms with Crippen molar-refractivity contribution >= 4 is 0 Å². The van der Waals surface area contributed by atoms with Crippen LogP contribution in [0.5, 0.6) is 0 Å². The zero-order valence-corrected chi connectivity index (χ0v) is 5.73. The Morgan fingerprint density at radius 2 is 2.33 bits per heavy atom. The molecule has 0 aromatic carbocycles. The Morgan fingerprint density at radius 3 is 2.67 bits per heavy atom. The summed E-state index contributed by atoms with van der Waals surface area (Å²) >= 11 is 0. The molecular formula is C7H11FO. The largest absolute Gasteiger partial charge is 0.299 e. The van der Waals surface area contributed by atoms with Gasteiger partial charge in [0.15, 0.2) is 0 Å². The monoisotopic (exact) mass is 130 g/mol. The Labute approximate surface area is 54.7 Å². The van der Waals surface area contributed by atoms with Gasteiger partial charge in [-0.05, 0) is 13.0 Å². The van der Waals surface area contributed by atoms with Crippen LogP contribution in [-0.2, 0) is 4.94 Å². The van der Waals surface area contributed by atoms with Crippen LogP contribution in [0.3, 0.4) is 0 Å². The molecule has 52 valence electrons. The molecule has 2 heteroatoms. The topological polar surface area (TPSA) is 9.23 Å². The Balaban J connectivity index is 3.75. The first-order valence-electron chi connectivity index (χ1n) is 2.95. The van der Waals surface area contributed by atoms with Gasteiger partial charge >= 0.3 is 0 Å². The third-order valence-corrected chi connectivity index (χ3v) is 0.922. The predicted octanol–water partition coefficient (Wildman–Crippen LogP) is 2.76. The van der Waals surface area contributed by atoms with E-state index in [-0.39, 0.29) is 0 Å². The molecule has 1 nitrogen and oxygen atoms in total. The van der Waals surface area contributed by atoms with E-state index in [1.807, 2.05) is 19.9 Å². The molecule has 0 atom stereocenters. The fraction of sp³-hybridized carbons (Fsp3) is 0.429. The summed E-state index contributed by atoms with van der Waals surface area (Å²) in [5.41, 5.74) is 0. The lowest BCUT2D eigenvalue weighted by atomic mass is 10.3. The minimum Gasteiger partial charge on any atom is -0.299 e. The Morgan fingerprint density at radius 1 is 1.67 bits per heavy atom. The summed E-state index contributed by atoms with van der Waals surface area (Å²) in [7, 11) is 0. The summed E-state index contributed by atoms with van der Waals surface area (Å²) in [6.07, 6.45) is 5.73. The molecule has 0 N–H and O–H groups in total. The van der Waals surface area contributed by atoms with E-state index in [1.54, 1.807) is 12.2 Å². The number of hydrogen-bond donors (Lipinski definition) is 0. The Kier molecular flexibility index (Phi) is 4.88. The maximum Gasteiger partial charge on any atom is 0.148 e. The molecule has 0 aliphatic carbocycles. The van der Waals surface area contributed by atoms with Crippen molar-refractivity contribution < 1.29 is 9.47 Å². The van der Waals surface area contributed by atoms with Gasteiger partial charge in [-0.3, -0.25) is 4.94 Å². The second-order valence-corrected chi connectivity index (χ2v) is 1.59. The summed E-state index contributed by atoms with van der Waals surface area (Å²) < 4.78 is 11.4. The maximum atomic E-state index is 11.4. The average molecular weight is 130 g/mol. The lowest BCUT2D eigenvalue weighted by Crippen LogP contribution is -1.76. The van der Waals surface area contributed by atoms with Crippen LogP contribution in [0.15, 0.2) is 24.0 Å². The normalized spacial score (nSPS) is 12.6. The van der Waals surface area contributed by atoms with E-state index >= 15 is 0 Å². The standard InChI is InChI=1S/C7H11FO/c1-3-5-6-7(4-2)9-8/h3,5-6H,4H2,1-2H3. The van der Waals surface area contributed by atoms with E-state index in [0.29, 0.717) is 12.2 Å². The highest BCUT2D eigenvalue weighted by Gasteiger charge is 1.89. The van der Waals surface area contributed by atoms with Gasteiger partial charge in [-0.25, -0.2) is 0 Å².